The van der Waals surface area contributed by atoms with Gasteiger partial charge < -0.3 is 10.5 Å². The number of methoxy groups -OCH3 is 1. The highest BCUT2D eigenvalue weighted by Crippen LogP contribution is 2.23. The highest BCUT2D eigenvalue weighted by molar-refractivity contribution is 7.89. The van der Waals surface area contributed by atoms with E-state index in [1.165, 1.54) is 16.6 Å². The van der Waals surface area contributed by atoms with Crippen molar-refractivity contribution in [2.75, 3.05) is 26.8 Å². The van der Waals surface area contributed by atoms with Crippen LogP contribution in [0.1, 0.15) is 18.4 Å². The van der Waals surface area contributed by atoms with Crippen LogP contribution in [0.5, 0.6) is 0 Å². The Morgan fingerprint density at radius 2 is 2.30 bits per heavy atom. The molecule has 1 saturated heterocycles. The van der Waals surface area contributed by atoms with Crippen molar-refractivity contribution < 1.29 is 13.2 Å². The monoisotopic (exact) mass is 299 g/mol. The Hall–Kier alpha value is -1.02. The van der Waals surface area contributed by atoms with E-state index in [1.54, 1.807) is 13.2 Å². The molecule has 0 aliphatic carbocycles. The molecule has 0 bridgehead atoms. The van der Waals surface area contributed by atoms with E-state index in [-0.39, 0.29) is 10.9 Å². The molecule has 112 valence electrons. The van der Waals surface area contributed by atoms with Gasteiger partial charge in [-0.05, 0) is 30.4 Å². The maximum atomic E-state index is 12.5. The van der Waals surface area contributed by atoms with Crippen LogP contribution in [0.2, 0.25) is 0 Å². The second kappa shape index (κ2) is 6.62. The summed E-state index contributed by atoms with van der Waals surface area (Å²) in [5.74, 6) is 0.256. The van der Waals surface area contributed by atoms with E-state index in [0.29, 0.717) is 26.2 Å². The van der Waals surface area contributed by atoms with E-state index < -0.39 is 10.0 Å². The van der Waals surface area contributed by atoms with Crippen molar-refractivity contribution in [1.82, 2.24) is 9.29 Å². The van der Waals surface area contributed by atoms with Gasteiger partial charge >= 0.3 is 0 Å². The molecule has 0 saturated carbocycles. The number of sulfonamides is 1. The first-order valence-corrected chi connectivity index (χ1v) is 8.16. The van der Waals surface area contributed by atoms with E-state index in [4.69, 9.17) is 10.5 Å². The van der Waals surface area contributed by atoms with Crippen molar-refractivity contribution >= 4 is 10.0 Å². The Morgan fingerprint density at radius 1 is 1.50 bits per heavy atom. The first-order valence-electron chi connectivity index (χ1n) is 6.72. The van der Waals surface area contributed by atoms with Gasteiger partial charge in [-0.15, -0.1) is 0 Å². The molecular formula is C13H21N3O3S. The Labute approximate surface area is 120 Å². The number of hydrogen-bond donors (Lipinski definition) is 1. The lowest BCUT2D eigenvalue weighted by Crippen LogP contribution is -2.41. The molecule has 2 N–H and O–H groups in total. The summed E-state index contributed by atoms with van der Waals surface area (Å²) < 4.78 is 31.7. The number of nitrogens with zero attached hydrogens (tertiary/aromatic N) is 2. The van der Waals surface area contributed by atoms with Crippen LogP contribution in [-0.2, 0) is 21.3 Å². The SMILES string of the molecule is COCC1CCCN(S(=O)(=O)c2ccc(CN)cn2)C1. The van der Waals surface area contributed by atoms with Crippen LogP contribution in [0.4, 0.5) is 0 Å². The summed E-state index contributed by atoms with van der Waals surface area (Å²) in [5, 5.41) is 0.0905. The fourth-order valence-corrected chi connectivity index (χ4v) is 3.90. The van der Waals surface area contributed by atoms with Crippen LogP contribution in [-0.4, -0.2) is 44.5 Å². The number of aromatic nitrogens is 1. The van der Waals surface area contributed by atoms with Crippen molar-refractivity contribution in [2.24, 2.45) is 11.7 Å². The van der Waals surface area contributed by atoms with Crippen molar-refractivity contribution in [3.8, 4) is 0 Å². The molecule has 0 amide bonds. The normalized spacial score (nSPS) is 21.0. The maximum Gasteiger partial charge on any atom is 0.260 e. The quantitative estimate of drug-likeness (QED) is 0.860. The van der Waals surface area contributed by atoms with Crippen LogP contribution >= 0.6 is 0 Å². The number of pyridine rings is 1. The van der Waals surface area contributed by atoms with E-state index in [2.05, 4.69) is 4.98 Å². The molecule has 20 heavy (non-hydrogen) atoms. The third kappa shape index (κ3) is 3.35. The van der Waals surface area contributed by atoms with Gasteiger partial charge in [-0.2, -0.15) is 4.31 Å². The summed E-state index contributed by atoms with van der Waals surface area (Å²) in [6.07, 6.45) is 3.37. The summed E-state index contributed by atoms with van der Waals surface area (Å²) in [5.41, 5.74) is 6.31. The van der Waals surface area contributed by atoms with Gasteiger partial charge in [0.15, 0.2) is 5.03 Å². The average molecular weight is 299 g/mol. The van der Waals surface area contributed by atoms with Crippen molar-refractivity contribution in [3.63, 3.8) is 0 Å². The third-order valence-corrected chi connectivity index (χ3v) is 5.30. The number of hydrogen-bond acceptors (Lipinski definition) is 5. The first kappa shape index (κ1) is 15.4. The average Bonchev–Trinajstić information content (AvgIpc) is 2.48. The van der Waals surface area contributed by atoms with Gasteiger partial charge in [-0.1, -0.05) is 6.07 Å². The fraction of sp³-hybridized carbons (Fsp3) is 0.615. The van der Waals surface area contributed by atoms with Crippen LogP contribution in [0.15, 0.2) is 23.4 Å². The Balaban J connectivity index is 2.16. The molecule has 2 heterocycles. The smallest absolute Gasteiger partial charge is 0.260 e. The van der Waals surface area contributed by atoms with Crippen LogP contribution < -0.4 is 5.73 Å². The molecule has 0 spiro atoms. The van der Waals surface area contributed by atoms with Gasteiger partial charge in [0.1, 0.15) is 0 Å². The minimum absolute atomic E-state index is 0.0905. The zero-order chi connectivity index (χ0) is 14.6. The lowest BCUT2D eigenvalue weighted by atomic mass is 10.0. The number of nitrogens with two attached hydrogens (primary N) is 1. The molecule has 0 aromatic carbocycles. The molecule has 1 aliphatic rings. The summed E-state index contributed by atoms with van der Waals surface area (Å²) in [7, 11) is -1.87. The zero-order valence-electron chi connectivity index (χ0n) is 11.7. The van der Waals surface area contributed by atoms with Crippen molar-refractivity contribution in [1.29, 1.82) is 0 Å². The van der Waals surface area contributed by atoms with Crippen molar-refractivity contribution in [2.45, 2.75) is 24.4 Å². The predicted molar refractivity (Wildman–Crippen MR) is 75.5 cm³/mol. The predicted octanol–water partition coefficient (Wildman–Crippen LogP) is 0.587. The minimum atomic E-state index is -3.51. The number of ether oxygens (including phenoxy) is 1. The summed E-state index contributed by atoms with van der Waals surface area (Å²) in [4.78, 5) is 4.03. The van der Waals surface area contributed by atoms with Crippen LogP contribution in [0.3, 0.4) is 0 Å². The minimum Gasteiger partial charge on any atom is -0.384 e. The van der Waals surface area contributed by atoms with E-state index >= 15 is 0 Å². The summed E-state index contributed by atoms with van der Waals surface area (Å²) in [6, 6.07) is 3.23. The molecule has 7 heteroatoms. The molecule has 1 fully saturated rings. The molecule has 1 unspecified atom stereocenters. The molecule has 2 rings (SSSR count). The Morgan fingerprint density at radius 3 is 2.90 bits per heavy atom. The molecule has 6 nitrogen and oxygen atoms in total. The maximum absolute atomic E-state index is 12.5. The van der Waals surface area contributed by atoms with Crippen molar-refractivity contribution in [3.05, 3.63) is 23.9 Å². The second-order valence-electron chi connectivity index (χ2n) is 5.04. The fourth-order valence-electron chi connectivity index (χ4n) is 2.43. The Bertz CT molecular complexity index is 528. The van der Waals surface area contributed by atoms with Gasteiger partial charge in [0.2, 0.25) is 0 Å². The van der Waals surface area contributed by atoms with E-state index in [0.717, 1.165) is 18.4 Å². The van der Waals surface area contributed by atoms with Gasteiger partial charge in [-0.3, -0.25) is 0 Å². The lowest BCUT2D eigenvalue weighted by Gasteiger charge is -2.31. The molecule has 1 aromatic heterocycles. The highest BCUT2D eigenvalue weighted by atomic mass is 32.2. The van der Waals surface area contributed by atoms with E-state index in [9.17, 15) is 8.42 Å². The number of rotatable bonds is 5. The van der Waals surface area contributed by atoms with Gasteiger partial charge in [0.25, 0.3) is 10.0 Å². The molecular weight excluding hydrogens is 278 g/mol. The van der Waals surface area contributed by atoms with Gasteiger partial charge in [0.05, 0.1) is 6.61 Å². The second-order valence-corrected chi connectivity index (χ2v) is 6.92. The topological polar surface area (TPSA) is 85.5 Å². The van der Waals surface area contributed by atoms with Gasteiger partial charge in [0, 0.05) is 32.9 Å². The molecule has 0 radical (unpaired) electrons. The molecule has 1 atom stereocenters. The van der Waals surface area contributed by atoms with E-state index in [1.807, 2.05) is 0 Å². The first-order chi connectivity index (χ1) is 9.57. The molecule has 1 aromatic rings. The molecule has 1 aliphatic heterocycles. The van der Waals surface area contributed by atoms with Crippen LogP contribution in [0.25, 0.3) is 0 Å². The summed E-state index contributed by atoms with van der Waals surface area (Å²) in [6.45, 7) is 1.98. The highest BCUT2D eigenvalue weighted by Gasteiger charge is 2.30. The van der Waals surface area contributed by atoms with Crippen LogP contribution in [0, 0.1) is 5.92 Å². The standard InChI is InChI=1S/C13H21N3O3S/c1-19-10-12-3-2-6-16(9-12)20(17,18)13-5-4-11(7-14)8-15-13/h4-5,8,12H,2-3,6-7,9-10,14H2,1H3. The Kier molecular flexibility index (Phi) is 5.09. The zero-order valence-corrected chi connectivity index (χ0v) is 12.5. The largest absolute Gasteiger partial charge is 0.384 e. The third-order valence-electron chi connectivity index (χ3n) is 3.52. The number of piperidine rings is 1. The van der Waals surface area contributed by atoms with Gasteiger partial charge in [-0.25, -0.2) is 13.4 Å². The lowest BCUT2D eigenvalue weighted by molar-refractivity contribution is 0.118. The summed E-state index contributed by atoms with van der Waals surface area (Å²) >= 11 is 0.